The summed E-state index contributed by atoms with van der Waals surface area (Å²) in [7, 11) is 0. The van der Waals surface area contributed by atoms with Gasteiger partial charge in [0.05, 0.1) is 0 Å². The van der Waals surface area contributed by atoms with E-state index < -0.39 is 0 Å². The second kappa shape index (κ2) is 7.80. The zero-order valence-corrected chi connectivity index (χ0v) is 13.3. The Morgan fingerprint density at radius 3 is 2.65 bits per heavy atom. The van der Waals surface area contributed by atoms with E-state index in [0.29, 0.717) is 12.1 Å². The fourth-order valence-electron chi connectivity index (χ4n) is 3.18. The summed E-state index contributed by atoms with van der Waals surface area (Å²) in [4.78, 5) is 2.73. The molecule has 3 unspecified atom stereocenters. The van der Waals surface area contributed by atoms with Crippen LogP contribution in [0.4, 0.5) is 0 Å². The minimum absolute atomic E-state index is 0.672. The first-order valence-corrected chi connectivity index (χ1v) is 8.26. The van der Waals surface area contributed by atoms with Gasteiger partial charge in [-0.05, 0) is 24.3 Å². The molecule has 1 saturated heterocycles. The molecule has 1 N–H and O–H groups in total. The molecule has 2 rings (SSSR count). The van der Waals surface area contributed by atoms with Crippen molar-refractivity contribution in [2.75, 3.05) is 19.6 Å². The molecular formula is C18H30N2. The van der Waals surface area contributed by atoms with Crippen LogP contribution in [-0.2, 0) is 6.42 Å². The Kier molecular flexibility index (Phi) is 6.06. The van der Waals surface area contributed by atoms with Crippen LogP contribution in [0.3, 0.4) is 0 Å². The number of nitrogens with one attached hydrogen (secondary N) is 1. The summed E-state index contributed by atoms with van der Waals surface area (Å²) in [5.41, 5.74) is 1.46. The van der Waals surface area contributed by atoms with Crippen molar-refractivity contribution in [3.05, 3.63) is 35.9 Å². The van der Waals surface area contributed by atoms with Gasteiger partial charge < -0.3 is 5.32 Å². The number of benzene rings is 1. The van der Waals surface area contributed by atoms with E-state index >= 15 is 0 Å². The topological polar surface area (TPSA) is 15.3 Å². The van der Waals surface area contributed by atoms with Gasteiger partial charge in [0, 0.05) is 31.7 Å². The predicted molar refractivity (Wildman–Crippen MR) is 87.0 cm³/mol. The number of piperazine rings is 1. The fraction of sp³-hybridized carbons (Fsp3) is 0.667. The molecule has 0 spiro atoms. The average Bonchev–Trinajstić information content (AvgIpc) is 2.52. The monoisotopic (exact) mass is 274 g/mol. The third kappa shape index (κ3) is 4.07. The number of rotatable bonds is 6. The zero-order chi connectivity index (χ0) is 14.4. The molecule has 0 amide bonds. The lowest BCUT2D eigenvalue weighted by molar-refractivity contribution is 0.0915. The zero-order valence-electron chi connectivity index (χ0n) is 13.3. The maximum absolute atomic E-state index is 3.72. The van der Waals surface area contributed by atoms with Crippen molar-refractivity contribution >= 4 is 0 Å². The molecule has 0 aromatic heterocycles. The third-order valence-electron chi connectivity index (χ3n) is 4.86. The molecule has 2 heteroatoms. The van der Waals surface area contributed by atoms with Crippen molar-refractivity contribution in [3.8, 4) is 0 Å². The van der Waals surface area contributed by atoms with Crippen molar-refractivity contribution in [2.45, 2.75) is 52.1 Å². The van der Waals surface area contributed by atoms with Gasteiger partial charge in [0.1, 0.15) is 0 Å². The average molecular weight is 274 g/mol. The van der Waals surface area contributed by atoms with Gasteiger partial charge in [0.15, 0.2) is 0 Å². The Morgan fingerprint density at radius 2 is 2.00 bits per heavy atom. The Labute approximate surface area is 124 Å². The van der Waals surface area contributed by atoms with Crippen molar-refractivity contribution in [1.82, 2.24) is 10.2 Å². The van der Waals surface area contributed by atoms with E-state index in [1.165, 1.54) is 37.9 Å². The molecule has 2 nitrogen and oxygen atoms in total. The van der Waals surface area contributed by atoms with Crippen LogP contribution in [-0.4, -0.2) is 36.6 Å². The molecule has 1 aromatic carbocycles. The molecule has 1 heterocycles. The van der Waals surface area contributed by atoms with Crippen molar-refractivity contribution < 1.29 is 0 Å². The molecule has 112 valence electrons. The van der Waals surface area contributed by atoms with Crippen LogP contribution >= 0.6 is 0 Å². The van der Waals surface area contributed by atoms with Crippen molar-refractivity contribution in [3.63, 3.8) is 0 Å². The first-order valence-electron chi connectivity index (χ1n) is 8.26. The molecule has 1 aliphatic heterocycles. The summed E-state index contributed by atoms with van der Waals surface area (Å²) in [6, 6.07) is 12.3. The molecule has 20 heavy (non-hydrogen) atoms. The summed E-state index contributed by atoms with van der Waals surface area (Å²) < 4.78 is 0. The molecule has 3 atom stereocenters. The third-order valence-corrected chi connectivity index (χ3v) is 4.86. The first-order chi connectivity index (χ1) is 9.74. The Balaban J connectivity index is 1.96. The molecule has 1 fully saturated rings. The summed E-state index contributed by atoms with van der Waals surface area (Å²) in [5, 5.41) is 3.72. The van der Waals surface area contributed by atoms with Gasteiger partial charge in [0.25, 0.3) is 0 Å². The largest absolute Gasteiger partial charge is 0.311 e. The fourth-order valence-corrected chi connectivity index (χ4v) is 3.18. The maximum Gasteiger partial charge on any atom is 0.0247 e. The van der Waals surface area contributed by atoms with Crippen LogP contribution in [0, 0.1) is 5.92 Å². The molecule has 1 aliphatic rings. The summed E-state index contributed by atoms with van der Waals surface area (Å²) in [6.45, 7) is 10.6. The van der Waals surface area contributed by atoms with E-state index in [-0.39, 0.29) is 0 Å². The second-order valence-corrected chi connectivity index (χ2v) is 6.20. The molecule has 1 aromatic rings. The normalized spacial score (nSPS) is 25.6. The minimum Gasteiger partial charge on any atom is -0.311 e. The molecular weight excluding hydrogens is 244 g/mol. The SMILES string of the molecule is CCC1CN(CCc2ccccc2)C(C(C)CC)CN1. The first kappa shape index (κ1) is 15.5. The number of nitrogens with zero attached hydrogens (tertiary/aromatic N) is 1. The van der Waals surface area contributed by atoms with Gasteiger partial charge in [-0.25, -0.2) is 0 Å². The van der Waals surface area contributed by atoms with E-state index in [1.807, 2.05) is 0 Å². The molecule has 0 bridgehead atoms. The second-order valence-electron chi connectivity index (χ2n) is 6.20. The van der Waals surface area contributed by atoms with E-state index in [2.05, 4.69) is 61.3 Å². The van der Waals surface area contributed by atoms with Gasteiger partial charge in [-0.2, -0.15) is 0 Å². The van der Waals surface area contributed by atoms with Gasteiger partial charge in [-0.1, -0.05) is 57.5 Å². The lowest BCUT2D eigenvalue weighted by atomic mass is 9.93. The number of hydrogen-bond acceptors (Lipinski definition) is 2. The van der Waals surface area contributed by atoms with Crippen LogP contribution < -0.4 is 5.32 Å². The van der Waals surface area contributed by atoms with Crippen LogP contribution in [0.2, 0.25) is 0 Å². The van der Waals surface area contributed by atoms with Crippen molar-refractivity contribution in [1.29, 1.82) is 0 Å². The Morgan fingerprint density at radius 1 is 1.25 bits per heavy atom. The molecule has 0 aliphatic carbocycles. The highest BCUT2D eigenvalue weighted by atomic mass is 15.2. The smallest absolute Gasteiger partial charge is 0.0247 e. The van der Waals surface area contributed by atoms with Crippen LogP contribution in [0.1, 0.15) is 39.2 Å². The van der Waals surface area contributed by atoms with Crippen LogP contribution in [0.25, 0.3) is 0 Å². The van der Waals surface area contributed by atoms with Gasteiger partial charge >= 0.3 is 0 Å². The number of hydrogen-bond donors (Lipinski definition) is 1. The van der Waals surface area contributed by atoms with E-state index in [0.717, 1.165) is 12.5 Å². The predicted octanol–water partition coefficient (Wildman–Crippen LogP) is 3.33. The lowest BCUT2D eigenvalue weighted by Gasteiger charge is -2.43. The summed E-state index contributed by atoms with van der Waals surface area (Å²) in [5.74, 6) is 0.774. The summed E-state index contributed by atoms with van der Waals surface area (Å²) in [6.07, 6.45) is 3.67. The van der Waals surface area contributed by atoms with Crippen LogP contribution in [0.5, 0.6) is 0 Å². The Bertz CT molecular complexity index is 376. The lowest BCUT2D eigenvalue weighted by Crippen LogP contribution is -2.58. The maximum atomic E-state index is 3.72. The van der Waals surface area contributed by atoms with Crippen molar-refractivity contribution in [2.24, 2.45) is 5.92 Å². The Hall–Kier alpha value is -0.860. The van der Waals surface area contributed by atoms with E-state index in [1.54, 1.807) is 0 Å². The molecule has 0 saturated carbocycles. The van der Waals surface area contributed by atoms with Gasteiger partial charge in [-0.3, -0.25) is 4.90 Å². The van der Waals surface area contributed by atoms with E-state index in [4.69, 9.17) is 0 Å². The minimum atomic E-state index is 0.672. The van der Waals surface area contributed by atoms with Gasteiger partial charge in [-0.15, -0.1) is 0 Å². The molecule has 0 radical (unpaired) electrons. The quantitative estimate of drug-likeness (QED) is 0.856. The highest BCUT2D eigenvalue weighted by Gasteiger charge is 2.29. The highest BCUT2D eigenvalue weighted by molar-refractivity contribution is 5.15. The summed E-state index contributed by atoms with van der Waals surface area (Å²) >= 11 is 0. The van der Waals surface area contributed by atoms with E-state index in [9.17, 15) is 0 Å². The highest BCUT2D eigenvalue weighted by Crippen LogP contribution is 2.19. The standard InChI is InChI=1S/C18H30N2/c1-4-15(3)18-13-19-17(5-2)14-20(18)12-11-16-9-7-6-8-10-16/h6-10,15,17-19H,4-5,11-14H2,1-3H3. The van der Waals surface area contributed by atoms with Gasteiger partial charge in [0.2, 0.25) is 0 Å². The van der Waals surface area contributed by atoms with Crippen LogP contribution in [0.15, 0.2) is 30.3 Å².